The zero-order valence-electron chi connectivity index (χ0n) is 15.9. The summed E-state index contributed by atoms with van der Waals surface area (Å²) in [7, 11) is 0. The molecule has 0 saturated carbocycles. The summed E-state index contributed by atoms with van der Waals surface area (Å²) >= 11 is 0. The van der Waals surface area contributed by atoms with Crippen molar-refractivity contribution < 1.29 is 14.0 Å². The lowest BCUT2D eigenvalue weighted by Crippen LogP contribution is -2.37. The minimum absolute atomic E-state index is 0.0887. The molecule has 1 aromatic heterocycles. The molecule has 2 amide bonds. The van der Waals surface area contributed by atoms with Crippen LogP contribution in [-0.2, 0) is 11.2 Å². The summed E-state index contributed by atoms with van der Waals surface area (Å²) in [6.45, 7) is 2.74. The maximum Gasteiger partial charge on any atom is 0.251 e. The third kappa shape index (κ3) is 5.33. The van der Waals surface area contributed by atoms with E-state index in [1.807, 2.05) is 61.5 Å². The number of benzene rings is 2. The molecule has 5 nitrogen and oxygen atoms in total. The molecule has 3 rings (SSSR count). The normalized spacial score (nSPS) is 11.6. The topological polar surface area (TPSA) is 71.3 Å². The number of furan rings is 1. The second-order valence-corrected chi connectivity index (χ2v) is 6.66. The molecule has 0 fully saturated rings. The summed E-state index contributed by atoms with van der Waals surface area (Å²) in [6.07, 6.45) is 2.09. The molecule has 5 heteroatoms. The number of carbonyl (C=O) groups excluding carboxylic acids is 2. The van der Waals surface area contributed by atoms with Crippen molar-refractivity contribution in [2.24, 2.45) is 0 Å². The second-order valence-electron chi connectivity index (χ2n) is 6.66. The number of hydrogen-bond acceptors (Lipinski definition) is 3. The lowest BCUT2D eigenvalue weighted by atomic mass is 9.93. The largest absolute Gasteiger partial charge is 0.469 e. The van der Waals surface area contributed by atoms with E-state index < -0.39 is 0 Å². The second kappa shape index (κ2) is 9.55. The number of carbonyl (C=O) groups is 2. The maximum absolute atomic E-state index is 12.8. The molecule has 0 saturated heterocycles. The predicted octanol–water partition coefficient (Wildman–Crippen LogP) is 3.46. The van der Waals surface area contributed by atoms with Crippen LogP contribution >= 0.6 is 0 Å². The van der Waals surface area contributed by atoms with Gasteiger partial charge in [0, 0.05) is 25.1 Å². The molecule has 2 aromatic carbocycles. The fourth-order valence-electron chi connectivity index (χ4n) is 2.97. The van der Waals surface area contributed by atoms with E-state index in [-0.39, 0.29) is 17.7 Å². The highest BCUT2D eigenvalue weighted by atomic mass is 16.3. The van der Waals surface area contributed by atoms with Crippen molar-refractivity contribution >= 4 is 11.8 Å². The number of hydrogen-bond donors (Lipinski definition) is 2. The average molecular weight is 376 g/mol. The van der Waals surface area contributed by atoms with Gasteiger partial charge < -0.3 is 15.1 Å². The molecule has 3 aromatic rings. The van der Waals surface area contributed by atoms with Crippen LogP contribution in [0.5, 0.6) is 0 Å². The number of nitrogens with one attached hydrogen (secondary N) is 2. The van der Waals surface area contributed by atoms with E-state index in [9.17, 15) is 9.59 Å². The first-order valence-electron chi connectivity index (χ1n) is 9.33. The molecule has 0 aliphatic heterocycles. The summed E-state index contributed by atoms with van der Waals surface area (Å²) < 4.78 is 5.43. The molecule has 28 heavy (non-hydrogen) atoms. The van der Waals surface area contributed by atoms with Gasteiger partial charge in [-0.2, -0.15) is 0 Å². The van der Waals surface area contributed by atoms with Gasteiger partial charge in [-0.15, -0.1) is 0 Å². The highest BCUT2D eigenvalue weighted by Gasteiger charge is 2.22. The zero-order chi connectivity index (χ0) is 19.8. The summed E-state index contributed by atoms with van der Waals surface area (Å²) in [5.74, 6) is 0.171. The van der Waals surface area contributed by atoms with Gasteiger partial charge in [-0.25, -0.2) is 0 Å². The maximum atomic E-state index is 12.8. The lowest BCUT2D eigenvalue weighted by Gasteiger charge is -2.17. The van der Waals surface area contributed by atoms with E-state index in [4.69, 9.17) is 4.42 Å². The summed E-state index contributed by atoms with van der Waals surface area (Å²) in [6, 6.07) is 20.6. The predicted molar refractivity (Wildman–Crippen MR) is 108 cm³/mol. The Morgan fingerprint density at radius 2 is 1.61 bits per heavy atom. The van der Waals surface area contributed by atoms with Gasteiger partial charge in [0.1, 0.15) is 5.76 Å². The SMILES string of the molecule is Cc1ccc(C(Cc2ccco2)C(=O)NCCNC(=O)c2ccccc2)cc1. The standard InChI is InChI=1S/C23H24N2O3/c1-17-9-11-18(12-10-17)21(16-20-8-5-15-28-20)23(27)25-14-13-24-22(26)19-6-3-2-4-7-19/h2-12,15,21H,13-14,16H2,1H3,(H,24,26)(H,25,27). The van der Waals surface area contributed by atoms with Crippen LogP contribution in [0.25, 0.3) is 0 Å². The van der Waals surface area contributed by atoms with Crippen molar-refractivity contribution in [2.75, 3.05) is 13.1 Å². The van der Waals surface area contributed by atoms with Crippen molar-refractivity contribution in [2.45, 2.75) is 19.3 Å². The molecule has 0 spiro atoms. The Kier molecular flexibility index (Phi) is 6.63. The average Bonchev–Trinajstić information content (AvgIpc) is 3.24. The van der Waals surface area contributed by atoms with Gasteiger partial charge in [0.05, 0.1) is 12.2 Å². The van der Waals surface area contributed by atoms with Crippen molar-refractivity contribution in [1.82, 2.24) is 10.6 Å². The van der Waals surface area contributed by atoms with Crippen molar-refractivity contribution in [3.63, 3.8) is 0 Å². The zero-order valence-corrected chi connectivity index (χ0v) is 15.9. The van der Waals surface area contributed by atoms with Crippen LogP contribution in [0.4, 0.5) is 0 Å². The van der Waals surface area contributed by atoms with Gasteiger partial charge in [-0.3, -0.25) is 9.59 Å². The van der Waals surface area contributed by atoms with Crippen LogP contribution < -0.4 is 10.6 Å². The van der Waals surface area contributed by atoms with Crippen molar-refractivity contribution in [3.8, 4) is 0 Å². The van der Waals surface area contributed by atoms with E-state index in [0.717, 1.165) is 16.9 Å². The first-order valence-corrected chi connectivity index (χ1v) is 9.33. The van der Waals surface area contributed by atoms with Crippen LogP contribution in [0, 0.1) is 6.92 Å². The molecule has 144 valence electrons. The highest BCUT2D eigenvalue weighted by molar-refractivity contribution is 5.94. The van der Waals surface area contributed by atoms with E-state index in [1.165, 1.54) is 0 Å². The third-order valence-corrected chi connectivity index (χ3v) is 4.53. The van der Waals surface area contributed by atoms with Gasteiger partial charge >= 0.3 is 0 Å². The lowest BCUT2D eigenvalue weighted by molar-refractivity contribution is -0.122. The highest BCUT2D eigenvalue weighted by Crippen LogP contribution is 2.22. The quantitative estimate of drug-likeness (QED) is 0.592. The molecule has 0 bridgehead atoms. The smallest absolute Gasteiger partial charge is 0.251 e. The first-order chi connectivity index (χ1) is 13.6. The molecular weight excluding hydrogens is 352 g/mol. The molecule has 1 heterocycles. The van der Waals surface area contributed by atoms with E-state index in [0.29, 0.717) is 25.1 Å². The van der Waals surface area contributed by atoms with E-state index >= 15 is 0 Å². The van der Waals surface area contributed by atoms with Crippen LogP contribution in [0.1, 0.15) is 33.2 Å². The minimum atomic E-state index is -0.350. The Labute approximate surface area is 164 Å². The van der Waals surface area contributed by atoms with Crippen LogP contribution in [0.15, 0.2) is 77.4 Å². The monoisotopic (exact) mass is 376 g/mol. The summed E-state index contributed by atoms with van der Waals surface area (Å²) in [5, 5.41) is 5.73. The molecule has 2 N–H and O–H groups in total. The van der Waals surface area contributed by atoms with Gasteiger partial charge in [0.25, 0.3) is 5.91 Å². The first kappa shape index (κ1) is 19.4. The molecule has 1 unspecified atom stereocenters. The molecular formula is C23H24N2O3. The van der Waals surface area contributed by atoms with E-state index in [2.05, 4.69) is 10.6 Å². The summed E-state index contributed by atoms with van der Waals surface area (Å²) in [4.78, 5) is 24.9. The van der Waals surface area contributed by atoms with E-state index in [1.54, 1.807) is 18.4 Å². The molecule has 1 atom stereocenters. The Morgan fingerprint density at radius 1 is 0.893 bits per heavy atom. The Morgan fingerprint density at radius 3 is 2.29 bits per heavy atom. The Balaban J connectivity index is 1.56. The van der Waals surface area contributed by atoms with Crippen LogP contribution in [0.2, 0.25) is 0 Å². The number of rotatable bonds is 8. The minimum Gasteiger partial charge on any atom is -0.469 e. The molecule has 0 aliphatic carbocycles. The van der Waals surface area contributed by atoms with Crippen LogP contribution in [-0.4, -0.2) is 24.9 Å². The number of amides is 2. The van der Waals surface area contributed by atoms with Crippen molar-refractivity contribution in [1.29, 1.82) is 0 Å². The van der Waals surface area contributed by atoms with Gasteiger partial charge in [-0.05, 0) is 36.8 Å². The Hall–Kier alpha value is -3.34. The van der Waals surface area contributed by atoms with Crippen LogP contribution in [0.3, 0.4) is 0 Å². The molecule has 0 aliphatic rings. The molecule has 0 radical (unpaired) electrons. The summed E-state index contributed by atoms with van der Waals surface area (Å²) in [5.41, 5.74) is 2.68. The van der Waals surface area contributed by atoms with Gasteiger partial charge in [0.15, 0.2) is 0 Å². The third-order valence-electron chi connectivity index (χ3n) is 4.53. The fraction of sp³-hybridized carbons (Fsp3) is 0.217. The Bertz CT molecular complexity index is 887. The van der Waals surface area contributed by atoms with Crippen molar-refractivity contribution in [3.05, 3.63) is 95.4 Å². The van der Waals surface area contributed by atoms with Gasteiger partial charge in [-0.1, -0.05) is 48.0 Å². The van der Waals surface area contributed by atoms with Gasteiger partial charge in [0.2, 0.25) is 5.91 Å². The number of aryl methyl sites for hydroxylation is 1. The fourth-order valence-corrected chi connectivity index (χ4v) is 2.97.